The first kappa shape index (κ1) is 14.1. The fourth-order valence-corrected chi connectivity index (χ4v) is 2.90. The van der Waals surface area contributed by atoms with Gasteiger partial charge in [-0.25, -0.2) is 4.39 Å². The molecule has 0 radical (unpaired) electrons. The molecule has 100 valence electrons. The number of halogens is 1. The van der Waals surface area contributed by atoms with Gasteiger partial charge in [0.1, 0.15) is 5.82 Å². The van der Waals surface area contributed by atoms with Crippen molar-refractivity contribution in [2.75, 3.05) is 0 Å². The van der Waals surface area contributed by atoms with Gasteiger partial charge in [-0.1, -0.05) is 42.0 Å². The topological polar surface area (TPSA) is 26.0 Å². The Bertz CT molecular complexity index is 554. The van der Waals surface area contributed by atoms with E-state index in [4.69, 9.17) is 5.73 Å². The molecule has 3 heteroatoms. The zero-order chi connectivity index (χ0) is 13.7. The predicted octanol–water partition coefficient (Wildman–Crippen LogP) is 4.03. The van der Waals surface area contributed by atoms with Crippen LogP contribution in [0.15, 0.2) is 42.5 Å². The Balaban J connectivity index is 1.95. The van der Waals surface area contributed by atoms with Gasteiger partial charge in [-0.3, -0.25) is 0 Å². The van der Waals surface area contributed by atoms with E-state index in [0.717, 1.165) is 16.9 Å². The van der Waals surface area contributed by atoms with Gasteiger partial charge in [0.25, 0.3) is 0 Å². The number of thioether (sulfide) groups is 1. The molecule has 0 fully saturated rings. The SMILES string of the molecule is Cc1cccc(CSCc2cc(CN)ccc2F)c1. The molecule has 2 rings (SSSR count). The molecular weight excluding hydrogens is 257 g/mol. The number of rotatable bonds is 5. The molecule has 0 saturated heterocycles. The minimum atomic E-state index is -0.144. The number of benzene rings is 2. The van der Waals surface area contributed by atoms with E-state index in [9.17, 15) is 4.39 Å². The average molecular weight is 275 g/mol. The molecule has 0 unspecified atom stereocenters. The molecule has 0 amide bonds. The summed E-state index contributed by atoms with van der Waals surface area (Å²) in [5, 5.41) is 0. The van der Waals surface area contributed by atoms with Gasteiger partial charge in [0, 0.05) is 18.1 Å². The summed E-state index contributed by atoms with van der Waals surface area (Å²) in [6.45, 7) is 2.54. The van der Waals surface area contributed by atoms with E-state index in [-0.39, 0.29) is 5.82 Å². The van der Waals surface area contributed by atoms with Crippen LogP contribution in [-0.2, 0) is 18.1 Å². The highest BCUT2D eigenvalue weighted by atomic mass is 32.2. The summed E-state index contributed by atoms with van der Waals surface area (Å²) < 4.78 is 13.6. The van der Waals surface area contributed by atoms with Crippen LogP contribution in [0.4, 0.5) is 4.39 Å². The van der Waals surface area contributed by atoms with Gasteiger partial charge in [0.2, 0.25) is 0 Å². The molecule has 0 aliphatic heterocycles. The van der Waals surface area contributed by atoms with Crippen LogP contribution in [0.25, 0.3) is 0 Å². The third-order valence-corrected chi connectivity index (χ3v) is 4.01. The summed E-state index contributed by atoms with van der Waals surface area (Å²) in [5.41, 5.74) is 9.83. The van der Waals surface area contributed by atoms with Crippen molar-refractivity contribution in [3.63, 3.8) is 0 Å². The zero-order valence-corrected chi connectivity index (χ0v) is 11.8. The van der Waals surface area contributed by atoms with Gasteiger partial charge in [0.15, 0.2) is 0 Å². The summed E-state index contributed by atoms with van der Waals surface area (Å²) in [6, 6.07) is 13.5. The van der Waals surface area contributed by atoms with Crippen molar-refractivity contribution in [2.45, 2.75) is 25.0 Å². The van der Waals surface area contributed by atoms with Crippen LogP contribution < -0.4 is 5.73 Å². The average Bonchev–Trinajstić information content (AvgIpc) is 2.41. The van der Waals surface area contributed by atoms with Crippen molar-refractivity contribution in [3.8, 4) is 0 Å². The van der Waals surface area contributed by atoms with Crippen molar-refractivity contribution < 1.29 is 4.39 Å². The minimum absolute atomic E-state index is 0.144. The van der Waals surface area contributed by atoms with Crippen LogP contribution in [0, 0.1) is 12.7 Å². The molecule has 0 aliphatic carbocycles. The minimum Gasteiger partial charge on any atom is -0.326 e. The lowest BCUT2D eigenvalue weighted by Gasteiger charge is -2.06. The summed E-state index contributed by atoms with van der Waals surface area (Å²) >= 11 is 1.72. The van der Waals surface area contributed by atoms with E-state index in [1.807, 2.05) is 6.07 Å². The van der Waals surface area contributed by atoms with Gasteiger partial charge in [-0.05, 0) is 29.7 Å². The second-order valence-electron chi connectivity index (χ2n) is 4.61. The summed E-state index contributed by atoms with van der Waals surface area (Å²) in [6.07, 6.45) is 0. The molecule has 0 aliphatic rings. The molecule has 2 N–H and O–H groups in total. The largest absolute Gasteiger partial charge is 0.326 e. The number of aryl methyl sites for hydroxylation is 1. The zero-order valence-electron chi connectivity index (χ0n) is 11.0. The first-order valence-electron chi connectivity index (χ1n) is 6.29. The number of hydrogen-bond donors (Lipinski definition) is 1. The molecule has 0 aromatic heterocycles. The fraction of sp³-hybridized carbons (Fsp3) is 0.250. The molecule has 0 atom stereocenters. The van der Waals surface area contributed by atoms with Gasteiger partial charge < -0.3 is 5.73 Å². The number of hydrogen-bond acceptors (Lipinski definition) is 2. The van der Waals surface area contributed by atoms with Crippen LogP contribution in [0.1, 0.15) is 22.3 Å². The Morgan fingerprint density at radius 3 is 2.63 bits per heavy atom. The standard InChI is InChI=1S/C16H18FNS/c1-12-3-2-4-14(7-12)10-19-11-15-8-13(9-18)5-6-16(15)17/h2-8H,9-11,18H2,1H3. The maximum absolute atomic E-state index is 13.6. The van der Waals surface area contributed by atoms with E-state index >= 15 is 0 Å². The van der Waals surface area contributed by atoms with Crippen molar-refractivity contribution in [1.29, 1.82) is 0 Å². The third kappa shape index (κ3) is 4.08. The van der Waals surface area contributed by atoms with E-state index in [1.54, 1.807) is 17.8 Å². The molecule has 0 bridgehead atoms. The Labute approximate surface area is 118 Å². The molecule has 2 aromatic rings. The van der Waals surface area contributed by atoms with Crippen molar-refractivity contribution in [2.24, 2.45) is 5.73 Å². The van der Waals surface area contributed by atoms with Crippen molar-refractivity contribution in [1.82, 2.24) is 0 Å². The normalized spacial score (nSPS) is 10.7. The Morgan fingerprint density at radius 1 is 1.05 bits per heavy atom. The lowest BCUT2D eigenvalue weighted by molar-refractivity contribution is 0.616. The summed E-state index contributed by atoms with van der Waals surface area (Å²) in [7, 11) is 0. The molecule has 1 nitrogen and oxygen atoms in total. The van der Waals surface area contributed by atoms with E-state index in [2.05, 4.69) is 31.2 Å². The highest BCUT2D eigenvalue weighted by Gasteiger charge is 2.04. The van der Waals surface area contributed by atoms with E-state index < -0.39 is 0 Å². The van der Waals surface area contributed by atoms with Gasteiger partial charge in [-0.15, -0.1) is 0 Å². The Kier molecular flexibility index (Phi) is 5.00. The predicted molar refractivity (Wildman–Crippen MR) is 80.5 cm³/mol. The Hall–Kier alpha value is -1.32. The smallest absolute Gasteiger partial charge is 0.127 e. The van der Waals surface area contributed by atoms with Crippen LogP contribution in [0.5, 0.6) is 0 Å². The monoisotopic (exact) mass is 275 g/mol. The molecule has 0 saturated carbocycles. The third-order valence-electron chi connectivity index (χ3n) is 2.95. The highest BCUT2D eigenvalue weighted by Crippen LogP contribution is 2.21. The lowest BCUT2D eigenvalue weighted by Crippen LogP contribution is -1.98. The van der Waals surface area contributed by atoms with Gasteiger partial charge in [-0.2, -0.15) is 11.8 Å². The van der Waals surface area contributed by atoms with Gasteiger partial charge >= 0.3 is 0 Å². The second-order valence-corrected chi connectivity index (χ2v) is 5.60. The summed E-state index contributed by atoms with van der Waals surface area (Å²) in [4.78, 5) is 0. The summed E-state index contributed by atoms with van der Waals surface area (Å²) in [5.74, 6) is 1.43. The molecule has 0 heterocycles. The maximum atomic E-state index is 13.6. The van der Waals surface area contributed by atoms with Crippen LogP contribution in [0.2, 0.25) is 0 Å². The number of nitrogens with two attached hydrogens (primary N) is 1. The van der Waals surface area contributed by atoms with Crippen LogP contribution in [0.3, 0.4) is 0 Å². The van der Waals surface area contributed by atoms with Crippen molar-refractivity contribution in [3.05, 3.63) is 70.5 Å². The molecule has 19 heavy (non-hydrogen) atoms. The molecular formula is C16H18FNS. The first-order chi connectivity index (χ1) is 9.19. The second kappa shape index (κ2) is 6.73. The van der Waals surface area contributed by atoms with Crippen LogP contribution >= 0.6 is 11.8 Å². The highest BCUT2D eigenvalue weighted by molar-refractivity contribution is 7.97. The lowest BCUT2D eigenvalue weighted by atomic mass is 10.1. The van der Waals surface area contributed by atoms with Crippen molar-refractivity contribution >= 4 is 11.8 Å². The van der Waals surface area contributed by atoms with E-state index in [1.165, 1.54) is 17.2 Å². The van der Waals surface area contributed by atoms with Gasteiger partial charge in [0.05, 0.1) is 0 Å². The van der Waals surface area contributed by atoms with E-state index in [0.29, 0.717) is 12.3 Å². The molecule has 0 spiro atoms. The molecule has 2 aromatic carbocycles. The quantitative estimate of drug-likeness (QED) is 0.891. The fourth-order valence-electron chi connectivity index (χ4n) is 1.95. The Morgan fingerprint density at radius 2 is 1.89 bits per heavy atom. The first-order valence-corrected chi connectivity index (χ1v) is 7.45. The maximum Gasteiger partial charge on any atom is 0.127 e. The van der Waals surface area contributed by atoms with Crippen LogP contribution in [-0.4, -0.2) is 0 Å².